The van der Waals surface area contributed by atoms with Crippen molar-refractivity contribution in [1.82, 2.24) is 5.32 Å². The van der Waals surface area contributed by atoms with Crippen molar-refractivity contribution in [3.8, 4) is 17.2 Å². The van der Waals surface area contributed by atoms with Crippen molar-refractivity contribution in [3.63, 3.8) is 0 Å². The molecular formula is C18H21F2NO3. The summed E-state index contributed by atoms with van der Waals surface area (Å²) in [6.07, 6.45) is 0. The number of rotatable bonds is 7. The monoisotopic (exact) mass is 337 g/mol. The average molecular weight is 337 g/mol. The highest BCUT2D eigenvalue weighted by molar-refractivity contribution is 5.53. The summed E-state index contributed by atoms with van der Waals surface area (Å²) in [6.45, 7) is 2.20. The van der Waals surface area contributed by atoms with E-state index in [1.165, 1.54) is 13.2 Å². The summed E-state index contributed by atoms with van der Waals surface area (Å²) >= 11 is 0. The van der Waals surface area contributed by atoms with E-state index in [0.717, 1.165) is 17.7 Å². The number of methoxy groups -OCH3 is 3. The number of ether oxygens (including phenoxy) is 3. The van der Waals surface area contributed by atoms with Crippen molar-refractivity contribution in [3.05, 3.63) is 53.1 Å². The fraction of sp³-hybridized carbons (Fsp3) is 0.333. The maximum atomic E-state index is 13.8. The van der Waals surface area contributed by atoms with Crippen LogP contribution in [0, 0.1) is 11.6 Å². The lowest BCUT2D eigenvalue weighted by molar-refractivity contribution is 0.323. The number of nitrogens with one attached hydrogen (secondary N) is 1. The van der Waals surface area contributed by atoms with Gasteiger partial charge in [0.1, 0.15) is 11.6 Å². The van der Waals surface area contributed by atoms with Crippen LogP contribution in [-0.4, -0.2) is 21.3 Å². The molecule has 4 nitrogen and oxygen atoms in total. The number of benzene rings is 2. The summed E-state index contributed by atoms with van der Waals surface area (Å²) in [7, 11) is 4.62. The van der Waals surface area contributed by atoms with Crippen LogP contribution in [0.5, 0.6) is 17.2 Å². The maximum Gasteiger partial charge on any atom is 0.203 e. The minimum Gasteiger partial charge on any atom is -0.493 e. The van der Waals surface area contributed by atoms with Crippen LogP contribution in [-0.2, 0) is 6.54 Å². The molecule has 0 aromatic heterocycles. The second kappa shape index (κ2) is 7.97. The van der Waals surface area contributed by atoms with Gasteiger partial charge in [0.25, 0.3) is 0 Å². The van der Waals surface area contributed by atoms with Crippen LogP contribution in [0.4, 0.5) is 8.78 Å². The molecule has 0 saturated heterocycles. The fourth-order valence-corrected chi connectivity index (χ4v) is 2.46. The van der Waals surface area contributed by atoms with Crippen LogP contribution in [0.1, 0.15) is 24.1 Å². The zero-order valence-electron chi connectivity index (χ0n) is 14.2. The van der Waals surface area contributed by atoms with E-state index in [1.54, 1.807) is 21.1 Å². The summed E-state index contributed by atoms with van der Waals surface area (Å²) in [5.74, 6) is 0.679. The number of hydrogen-bond donors (Lipinski definition) is 1. The van der Waals surface area contributed by atoms with Gasteiger partial charge in [0, 0.05) is 18.2 Å². The van der Waals surface area contributed by atoms with Crippen LogP contribution < -0.4 is 19.5 Å². The van der Waals surface area contributed by atoms with Crippen molar-refractivity contribution in [1.29, 1.82) is 0 Å². The Morgan fingerprint density at radius 3 is 2.12 bits per heavy atom. The quantitative estimate of drug-likeness (QED) is 0.833. The Bertz CT molecular complexity index is 682. The molecular weight excluding hydrogens is 316 g/mol. The highest BCUT2D eigenvalue weighted by atomic mass is 19.1. The second-order valence-electron chi connectivity index (χ2n) is 5.30. The van der Waals surface area contributed by atoms with Gasteiger partial charge in [0.05, 0.1) is 21.3 Å². The highest BCUT2D eigenvalue weighted by Gasteiger charge is 2.15. The van der Waals surface area contributed by atoms with Crippen LogP contribution in [0.2, 0.25) is 0 Å². The Kier molecular flexibility index (Phi) is 5.98. The Morgan fingerprint density at radius 2 is 1.58 bits per heavy atom. The van der Waals surface area contributed by atoms with Crippen molar-refractivity contribution in [2.24, 2.45) is 0 Å². The van der Waals surface area contributed by atoms with Crippen LogP contribution in [0.25, 0.3) is 0 Å². The predicted octanol–water partition coefficient (Wildman–Crippen LogP) is 3.84. The summed E-state index contributed by atoms with van der Waals surface area (Å²) in [6, 6.07) is 6.68. The third-order valence-corrected chi connectivity index (χ3v) is 3.76. The third-order valence-electron chi connectivity index (χ3n) is 3.76. The Hall–Kier alpha value is -2.34. The summed E-state index contributed by atoms with van der Waals surface area (Å²) in [5, 5.41) is 3.16. The molecule has 6 heteroatoms. The first kappa shape index (κ1) is 18.0. The van der Waals surface area contributed by atoms with Crippen molar-refractivity contribution >= 4 is 0 Å². The van der Waals surface area contributed by atoms with Gasteiger partial charge in [-0.2, -0.15) is 0 Å². The lowest BCUT2D eigenvalue weighted by Gasteiger charge is -2.17. The molecule has 2 aromatic rings. The van der Waals surface area contributed by atoms with Gasteiger partial charge in [0.15, 0.2) is 11.5 Å². The van der Waals surface area contributed by atoms with Gasteiger partial charge in [-0.15, -0.1) is 0 Å². The van der Waals surface area contributed by atoms with Gasteiger partial charge in [-0.3, -0.25) is 0 Å². The molecule has 0 heterocycles. The van der Waals surface area contributed by atoms with Gasteiger partial charge >= 0.3 is 0 Å². The predicted molar refractivity (Wildman–Crippen MR) is 87.7 cm³/mol. The van der Waals surface area contributed by atoms with E-state index in [2.05, 4.69) is 5.32 Å². The minimum atomic E-state index is -0.465. The van der Waals surface area contributed by atoms with E-state index in [4.69, 9.17) is 14.2 Å². The standard InChI is InChI=1S/C18H21F2NO3/c1-11(14-9-13(19)5-6-15(14)20)21-10-12-7-16(22-2)18(24-4)17(8-12)23-3/h5-9,11,21H,10H2,1-4H3. The zero-order valence-corrected chi connectivity index (χ0v) is 14.2. The summed E-state index contributed by atoms with van der Waals surface area (Å²) in [5.41, 5.74) is 1.15. The van der Waals surface area contributed by atoms with Crippen LogP contribution in [0.15, 0.2) is 30.3 Å². The molecule has 0 spiro atoms. The van der Waals surface area contributed by atoms with Gasteiger partial charge in [-0.05, 0) is 42.8 Å². The van der Waals surface area contributed by atoms with Crippen LogP contribution in [0.3, 0.4) is 0 Å². The molecule has 1 atom stereocenters. The molecule has 0 bridgehead atoms. The SMILES string of the molecule is COc1cc(CNC(C)c2cc(F)ccc2F)cc(OC)c1OC. The highest BCUT2D eigenvalue weighted by Crippen LogP contribution is 2.38. The normalized spacial score (nSPS) is 11.9. The smallest absolute Gasteiger partial charge is 0.203 e. The molecule has 130 valence electrons. The van der Waals surface area contributed by atoms with Crippen LogP contribution >= 0.6 is 0 Å². The molecule has 0 aliphatic carbocycles. The zero-order chi connectivity index (χ0) is 17.7. The average Bonchev–Trinajstić information content (AvgIpc) is 2.60. The number of halogens is 2. The second-order valence-corrected chi connectivity index (χ2v) is 5.30. The minimum absolute atomic E-state index is 0.280. The molecule has 2 rings (SSSR count). The fourth-order valence-electron chi connectivity index (χ4n) is 2.46. The lowest BCUT2D eigenvalue weighted by Crippen LogP contribution is -2.19. The first-order valence-corrected chi connectivity index (χ1v) is 7.47. The van der Waals surface area contributed by atoms with Gasteiger partial charge in [0.2, 0.25) is 5.75 Å². The van der Waals surface area contributed by atoms with Gasteiger partial charge in [-0.25, -0.2) is 8.78 Å². The van der Waals surface area contributed by atoms with E-state index in [-0.39, 0.29) is 11.6 Å². The molecule has 24 heavy (non-hydrogen) atoms. The largest absolute Gasteiger partial charge is 0.493 e. The molecule has 0 saturated carbocycles. The Balaban J connectivity index is 2.18. The molecule has 0 aliphatic heterocycles. The first-order valence-electron chi connectivity index (χ1n) is 7.47. The molecule has 0 amide bonds. The van der Waals surface area contributed by atoms with Gasteiger partial charge in [-0.1, -0.05) is 0 Å². The van der Waals surface area contributed by atoms with E-state index in [0.29, 0.717) is 23.8 Å². The Labute approximate surface area is 140 Å². The van der Waals surface area contributed by atoms with Crippen molar-refractivity contribution in [2.75, 3.05) is 21.3 Å². The summed E-state index contributed by atoms with van der Waals surface area (Å²) in [4.78, 5) is 0. The van der Waals surface area contributed by atoms with E-state index in [1.807, 2.05) is 12.1 Å². The van der Waals surface area contributed by atoms with Gasteiger partial charge < -0.3 is 19.5 Å². The molecule has 1 unspecified atom stereocenters. The molecule has 0 radical (unpaired) electrons. The van der Waals surface area contributed by atoms with E-state index < -0.39 is 11.6 Å². The summed E-state index contributed by atoms with van der Waals surface area (Å²) < 4.78 is 43.0. The first-order chi connectivity index (χ1) is 11.5. The van der Waals surface area contributed by atoms with E-state index >= 15 is 0 Å². The third kappa shape index (κ3) is 3.94. The topological polar surface area (TPSA) is 39.7 Å². The molecule has 2 aromatic carbocycles. The maximum absolute atomic E-state index is 13.8. The lowest BCUT2D eigenvalue weighted by atomic mass is 10.1. The number of hydrogen-bond acceptors (Lipinski definition) is 4. The molecule has 0 aliphatic rings. The molecule has 0 fully saturated rings. The molecule has 1 N–H and O–H groups in total. The Morgan fingerprint density at radius 1 is 0.958 bits per heavy atom. The van der Waals surface area contributed by atoms with Crippen molar-refractivity contribution in [2.45, 2.75) is 19.5 Å². The van der Waals surface area contributed by atoms with E-state index in [9.17, 15) is 8.78 Å². The van der Waals surface area contributed by atoms with Crippen molar-refractivity contribution < 1.29 is 23.0 Å².